The van der Waals surface area contributed by atoms with Crippen LogP contribution in [0.4, 0.5) is 0 Å². The number of benzene rings is 1. The van der Waals surface area contributed by atoms with E-state index in [1.807, 2.05) is 0 Å². The van der Waals surface area contributed by atoms with Crippen molar-refractivity contribution in [2.24, 2.45) is 0 Å². The maximum absolute atomic E-state index is 5.92. The highest BCUT2D eigenvalue weighted by atomic mass is 16.5. The van der Waals surface area contributed by atoms with Crippen LogP contribution in [0, 0.1) is 0 Å². The van der Waals surface area contributed by atoms with Crippen LogP contribution in [0.5, 0.6) is 5.75 Å². The maximum Gasteiger partial charge on any atom is 0.125 e. The van der Waals surface area contributed by atoms with Gasteiger partial charge in [-0.25, -0.2) is 0 Å². The van der Waals surface area contributed by atoms with E-state index in [-0.39, 0.29) is 0 Å². The molecule has 0 radical (unpaired) electrons. The molecule has 1 N–H and O–H groups in total. The van der Waals surface area contributed by atoms with Crippen LogP contribution in [-0.4, -0.2) is 33.5 Å². The number of hydrogen-bond acceptors (Lipinski definition) is 4. The monoisotopic (exact) mass is 293 g/mol. The van der Waals surface area contributed by atoms with Crippen molar-refractivity contribution < 1.29 is 14.2 Å². The average Bonchev–Trinajstić information content (AvgIpc) is 3.29. The second-order valence-electron chi connectivity index (χ2n) is 5.66. The predicted molar refractivity (Wildman–Crippen MR) is 83.7 cm³/mol. The second kappa shape index (κ2) is 8.37. The first-order valence-corrected chi connectivity index (χ1v) is 7.74. The molecule has 21 heavy (non-hydrogen) atoms. The Morgan fingerprint density at radius 3 is 2.67 bits per heavy atom. The third-order valence-corrected chi connectivity index (χ3v) is 3.70. The quantitative estimate of drug-likeness (QED) is 0.673. The molecule has 1 aromatic rings. The van der Waals surface area contributed by atoms with Crippen molar-refractivity contribution in [1.82, 2.24) is 5.32 Å². The first-order valence-electron chi connectivity index (χ1n) is 7.74. The first-order chi connectivity index (χ1) is 10.2. The first kappa shape index (κ1) is 16.3. The Hall–Kier alpha value is -1.10. The summed E-state index contributed by atoms with van der Waals surface area (Å²) in [6.07, 6.45) is 3.49. The van der Waals surface area contributed by atoms with Gasteiger partial charge in [0.1, 0.15) is 5.75 Å². The average molecular weight is 293 g/mol. The molecular weight excluding hydrogens is 266 g/mol. The van der Waals surface area contributed by atoms with Crippen molar-refractivity contribution in [3.63, 3.8) is 0 Å². The van der Waals surface area contributed by atoms with E-state index in [2.05, 4.69) is 30.4 Å². The van der Waals surface area contributed by atoms with Crippen molar-refractivity contribution in [3.05, 3.63) is 29.3 Å². The molecule has 1 saturated carbocycles. The zero-order valence-electron chi connectivity index (χ0n) is 13.4. The minimum Gasteiger partial charge on any atom is -0.493 e. The van der Waals surface area contributed by atoms with Crippen LogP contribution < -0.4 is 10.1 Å². The van der Waals surface area contributed by atoms with Gasteiger partial charge in [-0.1, -0.05) is 12.1 Å². The van der Waals surface area contributed by atoms with Gasteiger partial charge in [-0.15, -0.1) is 0 Å². The molecule has 4 nitrogen and oxygen atoms in total. The van der Waals surface area contributed by atoms with E-state index in [0.29, 0.717) is 25.3 Å². The van der Waals surface area contributed by atoms with Crippen LogP contribution in [0.2, 0.25) is 0 Å². The van der Waals surface area contributed by atoms with Gasteiger partial charge in [0.15, 0.2) is 0 Å². The van der Waals surface area contributed by atoms with Crippen molar-refractivity contribution in [2.75, 3.05) is 27.4 Å². The standard InChI is InChI=1S/C17H27NO3/c1-13(18-16-7-8-16)14-5-6-15(12-20-3)17(11-14)21-10-4-9-19-2/h5-6,11,13,16,18H,4,7-10,12H2,1-3H3. The van der Waals surface area contributed by atoms with E-state index in [9.17, 15) is 0 Å². The summed E-state index contributed by atoms with van der Waals surface area (Å²) in [5.74, 6) is 0.926. The highest BCUT2D eigenvalue weighted by Crippen LogP contribution is 2.28. The molecule has 0 spiro atoms. The lowest BCUT2D eigenvalue weighted by molar-refractivity contribution is 0.165. The molecule has 0 heterocycles. The van der Waals surface area contributed by atoms with E-state index >= 15 is 0 Å². The topological polar surface area (TPSA) is 39.7 Å². The molecule has 1 unspecified atom stereocenters. The number of methoxy groups -OCH3 is 2. The lowest BCUT2D eigenvalue weighted by atomic mass is 10.0. The van der Waals surface area contributed by atoms with Crippen molar-refractivity contribution >= 4 is 0 Å². The zero-order chi connectivity index (χ0) is 15.1. The van der Waals surface area contributed by atoms with Crippen LogP contribution in [0.3, 0.4) is 0 Å². The molecule has 1 aliphatic rings. The fourth-order valence-corrected chi connectivity index (χ4v) is 2.33. The van der Waals surface area contributed by atoms with E-state index in [4.69, 9.17) is 14.2 Å². The van der Waals surface area contributed by atoms with Gasteiger partial charge in [0.2, 0.25) is 0 Å². The highest BCUT2D eigenvalue weighted by molar-refractivity contribution is 5.38. The Morgan fingerprint density at radius 1 is 1.19 bits per heavy atom. The van der Waals surface area contributed by atoms with Gasteiger partial charge in [-0.2, -0.15) is 0 Å². The Morgan fingerprint density at radius 2 is 2.00 bits per heavy atom. The van der Waals surface area contributed by atoms with Gasteiger partial charge in [-0.3, -0.25) is 0 Å². The molecule has 0 amide bonds. The van der Waals surface area contributed by atoms with Crippen LogP contribution in [0.15, 0.2) is 18.2 Å². The van der Waals surface area contributed by atoms with Crippen molar-refractivity contribution in [2.45, 2.75) is 44.9 Å². The Labute approximate surface area is 127 Å². The van der Waals surface area contributed by atoms with Gasteiger partial charge < -0.3 is 19.5 Å². The summed E-state index contributed by atoms with van der Waals surface area (Å²) in [5, 5.41) is 3.62. The molecule has 118 valence electrons. The predicted octanol–water partition coefficient (Wildman–Crippen LogP) is 3.06. The van der Waals surface area contributed by atoms with Crippen LogP contribution in [0.25, 0.3) is 0 Å². The fraction of sp³-hybridized carbons (Fsp3) is 0.647. The smallest absolute Gasteiger partial charge is 0.125 e. The molecular formula is C17H27NO3. The van der Waals surface area contributed by atoms with Crippen molar-refractivity contribution in [1.29, 1.82) is 0 Å². The van der Waals surface area contributed by atoms with E-state index in [1.54, 1.807) is 14.2 Å². The lowest BCUT2D eigenvalue weighted by Gasteiger charge is -2.17. The van der Waals surface area contributed by atoms with Gasteiger partial charge in [0.25, 0.3) is 0 Å². The number of ether oxygens (including phenoxy) is 3. The molecule has 0 aliphatic heterocycles. The lowest BCUT2D eigenvalue weighted by Crippen LogP contribution is -2.20. The summed E-state index contributed by atoms with van der Waals surface area (Å²) < 4.78 is 16.2. The molecule has 4 heteroatoms. The summed E-state index contributed by atoms with van der Waals surface area (Å²) >= 11 is 0. The molecule has 0 aromatic heterocycles. The zero-order valence-corrected chi connectivity index (χ0v) is 13.4. The van der Waals surface area contributed by atoms with Gasteiger partial charge >= 0.3 is 0 Å². The Kier molecular flexibility index (Phi) is 6.49. The molecule has 2 rings (SSSR count). The van der Waals surface area contributed by atoms with E-state index in [1.165, 1.54) is 18.4 Å². The van der Waals surface area contributed by atoms with Gasteiger partial charge in [-0.05, 0) is 31.4 Å². The summed E-state index contributed by atoms with van der Waals surface area (Å²) in [5.41, 5.74) is 2.36. The summed E-state index contributed by atoms with van der Waals surface area (Å²) in [6, 6.07) is 7.47. The SMILES string of the molecule is COCCCOc1cc(C(C)NC2CC2)ccc1COC. The Balaban J connectivity index is 2.01. The minimum atomic E-state index is 0.357. The molecule has 1 aliphatic carbocycles. The minimum absolute atomic E-state index is 0.357. The van der Waals surface area contributed by atoms with E-state index in [0.717, 1.165) is 24.3 Å². The third-order valence-electron chi connectivity index (χ3n) is 3.70. The van der Waals surface area contributed by atoms with Gasteiger partial charge in [0.05, 0.1) is 13.2 Å². The second-order valence-corrected chi connectivity index (χ2v) is 5.66. The van der Waals surface area contributed by atoms with E-state index < -0.39 is 0 Å². The van der Waals surface area contributed by atoms with Gasteiger partial charge in [0, 0.05) is 44.9 Å². The maximum atomic E-state index is 5.92. The molecule has 1 atom stereocenters. The molecule has 1 aromatic carbocycles. The third kappa shape index (κ3) is 5.30. The fourth-order valence-electron chi connectivity index (χ4n) is 2.33. The number of hydrogen-bond donors (Lipinski definition) is 1. The normalized spacial score (nSPS) is 16.0. The summed E-state index contributed by atoms with van der Waals surface area (Å²) in [4.78, 5) is 0. The number of nitrogens with one attached hydrogen (secondary N) is 1. The van der Waals surface area contributed by atoms with Crippen LogP contribution in [-0.2, 0) is 16.1 Å². The van der Waals surface area contributed by atoms with Crippen molar-refractivity contribution in [3.8, 4) is 5.75 Å². The molecule has 1 fully saturated rings. The van der Waals surface area contributed by atoms with Crippen LogP contribution >= 0.6 is 0 Å². The number of rotatable bonds is 10. The molecule has 0 saturated heterocycles. The molecule has 0 bridgehead atoms. The largest absolute Gasteiger partial charge is 0.493 e. The highest BCUT2D eigenvalue weighted by Gasteiger charge is 2.23. The Bertz CT molecular complexity index is 432. The summed E-state index contributed by atoms with van der Waals surface area (Å²) in [6.45, 7) is 4.17. The summed E-state index contributed by atoms with van der Waals surface area (Å²) in [7, 11) is 3.42. The van der Waals surface area contributed by atoms with Crippen LogP contribution in [0.1, 0.15) is 43.4 Å².